The Morgan fingerprint density at radius 2 is 1.17 bits per heavy atom. The summed E-state index contributed by atoms with van der Waals surface area (Å²) in [6.45, 7) is 1.86. The van der Waals surface area contributed by atoms with Crippen LogP contribution in [0.25, 0.3) is 11.1 Å². The Balaban J connectivity index is 1.42. The normalized spacial score (nSPS) is 14.0. The van der Waals surface area contributed by atoms with Crippen molar-refractivity contribution in [3.8, 4) is 11.1 Å². The molecular formula is C24H21FN2O2. The fourth-order valence-electron chi connectivity index (χ4n) is 3.53. The van der Waals surface area contributed by atoms with E-state index in [0.29, 0.717) is 37.3 Å². The summed E-state index contributed by atoms with van der Waals surface area (Å²) in [5, 5.41) is 0. The van der Waals surface area contributed by atoms with Gasteiger partial charge in [0.05, 0.1) is 0 Å². The molecule has 1 aliphatic heterocycles. The molecule has 3 aromatic carbocycles. The van der Waals surface area contributed by atoms with Crippen molar-refractivity contribution in [2.75, 3.05) is 26.2 Å². The number of piperazine rings is 1. The highest BCUT2D eigenvalue weighted by molar-refractivity contribution is 5.96. The topological polar surface area (TPSA) is 40.6 Å². The standard InChI is InChI=1S/C24H21FN2O2/c25-22-11-9-19(10-12-22)23(28)26-13-15-27(16-14-26)24(29)21-8-4-7-20(17-21)18-5-2-1-3-6-18/h1-12,17H,13-16H2. The molecule has 1 fully saturated rings. The maximum absolute atomic E-state index is 13.1. The van der Waals surface area contributed by atoms with Gasteiger partial charge >= 0.3 is 0 Å². The lowest BCUT2D eigenvalue weighted by molar-refractivity contribution is 0.0535. The Morgan fingerprint density at radius 3 is 1.79 bits per heavy atom. The van der Waals surface area contributed by atoms with Gasteiger partial charge in [-0.3, -0.25) is 9.59 Å². The molecule has 5 heteroatoms. The minimum Gasteiger partial charge on any atom is -0.335 e. The van der Waals surface area contributed by atoms with Crippen LogP contribution in [0.2, 0.25) is 0 Å². The molecule has 0 saturated carbocycles. The van der Waals surface area contributed by atoms with Crippen molar-refractivity contribution < 1.29 is 14.0 Å². The maximum Gasteiger partial charge on any atom is 0.253 e. The third-order valence-corrected chi connectivity index (χ3v) is 5.16. The Bertz CT molecular complexity index is 1010. The Morgan fingerprint density at radius 1 is 0.621 bits per heavy atom. The second-order valence-electron chi connectivity index (χ2n) is 7.04. The minimum atomic E-state index is -0.366. The van der Waals surface area contributed by atoms with E-state index in [0.717, 1.165) is 11.1 Å². The average Bonchev–Trinajstić information content (AvgIpc) is 2.79. The van der Waals surface area contributed by atoms with Gasteiger partial charge in [0, 0.05) is 37.3 Å². The highest BCUT2D eigenvalue weighted by atomic mass is 19.1. The average molecular weight is 388 g/mol. The van der Waals surface area contributed by atoms with Gasteiger partial charge in [0.25, 0.3) is 11.8 Å². The van der Waals surface area contributed by atoms with Crippen LogP contribution in [0.5, 0.6) is 0 Å². The van der Waals surface area contributed by atoms with Crippen LogP contribution in [0, 0.1) is 5.82 Å². The monoisotopic (exact) mass is 388 g/mol. The summed E-state index contributed by atoms with van der Waals surface area (Å²) in [5.41, 5.74) is 3.17. The molecule has 0 aliphatic carbocycles. The summed E-state index contributed by atoms with van der Waals surface area (Å²) in [4.78, 5) is 29.0. The van der Waals surface area contributed by atoms with Crippen LogP contribution in [0.15, 0.2) is 78.9 Å². The van der Waals surface area contributed by atoms with E-state index in [1.165, 1.54) is 24.3 Å². The van der Waals surface area contributed by atoms with Gasteiger partial charge < -0.3 is 9.80 Å². The molecule has 1 saturated heterocycles. The zero-order chi connectivity index (χ0) is 20.2. The van der Waals surface area contributed by atoms with Crippen LogP contribution >= 0.6 is 0 Å². The second-order valence-corrected chi connectivity index (χ2v) is 7.04. The van der Waals surface area contributed by atoms with E-state index in [4.69, 9.17) is 0 Å². The molecule has 0 atom stereocenters. The zero-order valence-electron chi connectivity index (χ0n) is 15.9. The maximum atomic E-state index is 13.1. The SMILES string of the molecule is O=C(c1ccc(F)cc1)N1CCN(C(=O)c2cccc(-c3ccccc3)c2)CC1. The largest absolute Gasteiger partial charge is 0.335 e. The first-order valence-electron chi connectivity index (χ1n) is 9.61. The molecule has 0 N–H and O–H groups in total. The quantitative estimate of drug-likeness (QED) is 0.678. The first kappa shape index (κ1) is 18.9. The van der Waals surface area contributed by atoms with Crippen molar-refractivity contribution in [2.45, 2.75) is 0 Å². The molecule has 2 amide bonds. The first-order valence-corrected chi connectivity index (χ1v) is 9.61. The molecule has 0 radical (unpaired) electrons. The number of benzene rings is 3. The van der Waals surface area contributed by atoms with E-state index >= 15 is 0 Å². The van der Waals surface area contributed by atoms with E-state index in [1.54, 1.807) is 9.80 Å². The van der Waals surface area contributed by atoms with Gasteiger partial charge in [0.1, 0.15) is 5.82 Å². The van der Waals surface area contributed by atoms with Crippen molar-refractivity contribution in [1.82, 2.24) is 9.80 Å². The molecule has 0 bridgehead atoms. The molecule has 146 valence electrons. The van der Waals surface area contributed by atoms with Crippen LogP contribution < -0.4 is 0 Å². The molecule has 4 rings (SSSR count). The number of carbonyl (C=O) groups is 2. The summed E-state index contributed by atoms with van der Waals surface area (Å²) in [6, 6.07) is 23.1. The van der Waals surface area contributed by atoms with Crippen LogP contribution in [0.1, 0.15) is 20.7 Å². The number of amides is 2. The summed E-state index contributed by atoms with van der Waals surface area (Å²) in [5.74, 6) is -0.533. The molecule has 0 unspecified atom stereocenters. The van der Waals surface area contributed by atoms with Crippen molar-refractivity contribution in [1.29, 1.82) is 0 Å². The first-order chi connectivity index (χ1) is 14.1. The molecule has 0 spiro atoms. The number of nitrogens with zero attached hydrogens (tertiary/aromatic N) is 2. The second kappa shape index (κ2) is 8.27. The predicted molar refractivity (Wildman–Crippen MR) is 110 cm³/mol. The Labute approximate surface area is 169 Å². The molecule has 4 nitrogen and oxygen atoms in total. The third-order valence-electron chi connectivity index (χ3n) is 5.16. The van der Waals surface area contributed by atoms with Crippen molar-refractivity contribution in [3.05, 3.63) is 95.8 Å². The predicted octanol–water partition coefficient (Wildman–Crippen LogP) is 4.09. The van der Waals surface area contributed by atoms with E-state index in [2.05, 4.69) is 0 Å². The smallest absolute Gasteiger partial charge is 0.253 e. The van der Waals surface area contributed by atoms with Crippen molar-refractivity contribution in [3.63, 3.8) is 0 Å². The number of carbonyl (C=O) groups excluding carboxylic acids is 2. The lowest BCUT2D eigenvalue weighted by Crippen LogP contribution is -2.50. The number of halogens is 1. The fraction of sp³-hybridized carbons (Fsp3) is 0.167. The molecule has 1 heterocycles. The van der Waals surface area contributed by atoms with E-state index in [-0.39, 0.29) is 17.6 Å². The summed E-state index contributed by atoms with van der Waals surface area (Å²) in [6.07, 6.45) is 0. The zero-order valence-corrected chi connectivity index (χ0v) is 15.9. The number of hydrogen-bond donors (Lipinski definition) is 0. The van der Waals surface area contributed by atoms with Crippen LogP contribution in [-0.4, -0.2) is 47.8 Å². The molecule has 3 aromatic rings. The van der Waals surface area contributed by atoms with Gasteiger partial charge in [-0.25, -0.2) is 4.39 Å². The Hall–Kier alpha value is -3.47. The Kier molecular flexibility index (Phi) is 5.38. The van der Waals surface area contributed by atoms with E-state index < -0.39 is 0 Å². The minimum absolute atomic E-state index is 0.0309. The fourth-order valence-corrected chi connectivity index (χ4v) is 3.53. The van der Waals surface area contributed by atoms with E-state index in [1.807, 2.05) is 54.6 Å². The van der Waals surface area contributed by atoms with Gasteiger partial charge in [0.15, 0.2) is 0 Å². The van der Waals surface area contributed by atoms with Crippen molar-refractivity contribution >= 4 is 11.8 Å². The third kappa shape index (κ3) is 4.19. The lowest BCUT2D eigenvalue weighted by atomic mass is 10.0. The summed E-state index contributed by atoms with van der Waals surface area (Å²) >= 11 is 0. The highest BCUT2D eigenvalue weighted by Gasteiger charge is 2.25. The molecular weight excluding hydrogens is 367 g/mol. The van der Waals surface area contributed by atoms with Gasteiger partial charge in [-0.2, -0.15) is 0 Å². The molecule has 29 heavy (non-hydrogen) atoms. The number of hydrogen-bond acceptors (Lipinski definition) is 2. The molecule has 0 aromatic heterocycles. The highest BCUT2D eigenvalue weighted by Crippen LogP contribution is 2.21. The van der Waals surface area contributed by atoms with Gasteiger partial charge in [-0.1, -0.05) is 42.5 Å². The van der Waals surface area contributed by atoms with Crippen LogP contribution in [0.3, 0.4) is 0 Å². The van der Waals surface area contributed by atoms with Gasteiger partial charge in [-0.05, 0) is 47.5 Å². The number of rotatable bonds is 3. The summed E-state index contributed by atoms with van der Waals surface area (Å²) < 4.78 is 13.1. The van der Waals surface area contributed by atoms with Gasteiger partial charge in [0.2, 0.25) is 0 Å². The summed E-state index contributed by atoms with van der Waals surface area (Å²) in [7, 11) is 0. The van der Waals surface area contributed by atoms with Crippen LogP contribution in [-0.2, 0) is 0 Å². The van der Waals surface area contributed by atoms with Crippen LogP contribution in [0.4, 0.5) is 4.39 Å². The van der Waals surface area contributed by atoms with E-state index in [9.17, 15) is 14.0 Å². The lowest BCUT2D eigenvalue weighted by Gasteiger charge is -2.35. The molecule has 1 aliphatic rings. The van der Waals surface area contributed by atoms with Gasteiger partial charge in [-0.15, -0.1) is 0 Å². The van der Waals surface area contributed by atoms with Crippen molar-refractivity contribution in [2.24, 2.45) is 0 Å².